The fraction of sp³-hybridized carbons (Fsp3) is 0.312. The summed E-state index contributed by atoms with van der Waals surface area (Å²) in [6.45, 7) is 5.35. The predicted molar refractivity (Wildman–Crippen MR) is 75.0 cm³/mol. The van der Waals surface area contributed by atoms with E-state index in [1.54, 1.807) is 12.1 Å². The largest absolute Gasteiger partial charge is 0.384 e. The van der Waals surface area contributed by atoms with Crippen LogP contribution in [0.25, 0.3) is 0 Å². The van der Waals surface area contributed by atoms with Crippen molar-refractivity contribution < 1.29 is 4.39 Å². The van der Waals surface area contributed by atoms with Gasteiger partial charge >= 0.3 is 0 Å². The maximum atomic E-state index is 13.2. The van der Waals surface area contributed by atoms with Crippen LogP contribution in [0.2, 0.25) is 0 Å². The number of rotatable bonds is 2. The number of benzene rings is 1. The van der Waals surface area contributed by atoms with Crippen LogP contribution in [0.5, 0.6) is 0 Å². The van der Waals surface area contributed by atoms with Gasteiger partial charge < -0.3 is 5.32 Å². The van der Waals surface area contributed by atoms with Crippen LogP contribution < -0.4 is 5.32 Å². The van der Waals surface area contributed by atoms with Crippen molar-refractivity contribution in [2.75, 3.05) is 11.9 Å². The van der Waals surface area contributed by atoms with Crippen molar-refractivity contribution in [1.82, 2.24) is 4.98 Å². The summed E-state index contributed by atoms with van der Waals surface area (Å²) in [5.74, 6) is -0.196. The molecule has 0 fully saturated rings. The molecule has 0 saturated heterocycles. The first kappa shape index (κ1) is 12.2. The van der Waals surface area contributed by atoms with Crippen molar-refractivity contribution in [3.63, 3.8) is 0 Å². The average molecular weight is 256 g/mol. The third kappa shape index (κ3) is 2.33. The lowest BCUT2D eigenvalue weighted by Gasteiger charge is -2.16. The fourth-order valence-electron chi connectivity index (χ4n) is 2.55. The van der Waals surface area contributed by atoms with Crippen LogP contribution in [0.15, 0.2) is 36.5 Å². The van der Waals surface area contributed by atoms with E-state index < -0.39 is 0 Å². The molecule has 0 bridgehead atoms. The minimum Gasteiger partial charge on any atom is -0.384 e. The van der Waals surface area contributed by atoms with E-state index in [0.29, 0.717) is 6.42 Å². The highest BCUT2D eigenvalue weighted by Gasteiger charge is 2.29. The van der Waals surface area contributed by atoms with Crippen LogP contribution in [0.1, 0.15) is 30.7 Å². The molecule has 2 heterocycles. The van der Waals surface area contributed by atoms with Crippen molar-refractivity contribution in [2.24, 2.45) is 0 Å². The van der Waals surface area contributed by atoms with Gasteiger partial charge in [0.15, 0.2) is 0 Å². The number of hydrogen-bond acceptors (Lipinski definition) is 2. The fourth-order valence-corrected chi connectivity index (χ4v) is 2.55. The van der Waals surface area contributed by atoms with E-state index in [0.717, 1.165) is 23.5 Å². The highest BCUT2D eigenvalue weighted by Crippen LogP contribution is 2.35. The first-order valence-corrected chi connectivity index (χ1v) is 6.52. The number of hydrogen-bond donors (Lipinski definition) is 1. The van der Waals surface area contributed by atoms with E-state index in [9.17, 15) is 4.39 Å². The Bertz CT molecular complexity index is 620. The van der Waals surface area contributed by atoms with E-state index in [-0.39, 0.29) is 11.2 Å². The van der Waals surface area contributed by atoms with E-state index in [2.05, 4.69) is 30.2 Å². The molecular weight excluding hydrogens is 239 g/mol. The van der Waals surface area contributed by atoms with E-state index in [1.165, 1.54) is 11.6 Å². The molecule has 2 nitrogen and oxygen atoms in total. The molecule has 98 valence electrons. The second kappa shape index (κ2) is 4.34. The van der Waals surface area contributed by atoms with E-state index in [1.807, 2.05) is 12.3 Å². The molecule has 1 aliphatic rings. The van der Waals surface area contributed by atoms with Crippen LogP contribution >= 0.6 is 0 Å². The number of fused-ring (bicyclic) bond motifs is 1. The van der Waals surface area contributed by atoms with Gasteiger partial charge in [-0.1, -0.05) is 26.0 Å². The van der Waals surface area contributed by atoms with Crippen LogP contribution in [0, 0.1) is 5.82 Å². The molecule has 1 N–H and O–H groups in total. The lowest BCUT2D eigenvalue weighted by molar-refractivity contribution is 0.584. The third-order valence-electron chi connectivity index (χ3n) is 3.68. The molecular formula is C16H17FN2. The van der Waals surface area contributed by atoms with Gasteiger partial charge in [0.25, 0.3) is 0 Å². The van der Waals surface area contributed by atoms with Crippen LogP contribution in [0.3, 0.4) is 0 Å². The van der Waals surface area contributed by atoms with Gasteiger partial charge in [-0.15, -0.1) is 0 Å². The van der Waals surface area contributed by atoms with Gasteiger partial charge in [0.2, 0.25) is 0 Å². The Labute approximate surface area is 112 Å². The number of halogens is 1. The lowest BCUT2D eigenvalue weighted by Crippen LogP contribution is -2.19. The summed E-state index contributed by atoms with van der Waals surface area (Å²) in [6, 6.07) is 8.76. The lowest BCUT2D eigenvalue weighted by atomic mass is 9.88. The zero-order chi connectivity index (χ0) is 13.5. The summed E-state index contributed by atoms with van der Waals surface area (Å²) in [7, 11) is 0. The van der Waals surface area contributed by atoms with Gasteiger partial charge in [-0.2, -0.15) is 0 Å². The van der Waals surface area contributed by atoms with E-state index in [4.69, 9.17) is 0 Å². The Morgan fingerprint density at radius 1 is 1.32 bits per heavy atom. The normalized spacial score (nSPS) is 15.9. The van der Waals surface area contributed by atoms with Gasteiger partial charge in [0.05, 0.1) is 0 Å². The molecule has 19 heavy (non-hydrogen) atoms. The predicted octanol–water partition coefficient (Wildman–Crippen LogP) is 3.51. The summed E-state index contributed by atoms with van der Waals surface area (Å²) >= 11 is 0. The summed E-state index contributed by atoms with van der Waals surface area (Å²) in [5.41, 5.74) is 4.47. The Morgan fingerprint density at radius 3 is 2.95 bits per heavy atom. The molecule has 2 aromatic rings. The highest BCUT2D eigenvalue weighted by molar-refractivity contribution is 5.59. The molecule has 0 amide bonds. The maximum absolute atomic E-state index is 13.2. The quantitative estimate of drug-likeness (QED) is 0.889. The molecule has 1 aromatic heterocycles. The molecule has 0 atom stereocenters. The standard InChI is InChI=1S/C16H17FN2/c1-16(2)10-19-15-8-13(18-9-14(15)16)7-11-4-3-5-12(17)6-11/h3-6,8-9,19H,7,10H2,1-2H3. The minimum absolute atomic E-state index is 0.139. The highest BCUT2D eigenvalue weighted by atomic mass is 19.1. The number of pyridine rings is 1. The van der Waals surface area contributed by atoms with Crippen LogP contribution in [-0.4, -0.2) is 11.5 Å². The van der Waals surface area contributed by atoms with Gasteiger partial charge in [-0.25, -0.2) is 4.39 Å². The molecule has 0 radical (unpaired) electrons. The van der Waals surface area contributed by atoms with Crippen molar-refractivity contribution in [2.45, 2.75) is 25.7 Å². The van der Waals surface area contributed by atoms with Crippen molar-refractivity contribution in [1.29, 1.82) is 0 Å². The van der Waals surface area contributed by atoms with E-state index >= 15 is 0 Å². The summed E-state index contributed by atoms with van der Waals surface area (Å²) in [5, 5.41) is 3.41. The first-order chi connectivity index (χ1) is 9.04. The SMILES string of the molecule is CC1(C)CNc2cc(Cc3cccc(F)c3)ncc21. The Hall–Kier alpha value is -1.90. The zero-order valence-electron chi connectivity index (χ0n) is 11.2. The molecule has 0 aliphatic carbocycles. The smallest absolute Gasteiger partial charge is 0.123 e. The van der Waals surface area contributed by atoms with Crippen LogP contribution in [0.4, 0.5) is 10.1 Å². The van der Waals surface area contributed by atoms with Crippen molar-refractivity contribution >= 4 is 5.69 Å². The molecule has 3 rings (SSSR count). The minimum atomic E-state index is -0.196. The Morgan fingerprint density at radius 2 is 2.16 bits per heavy atom. The molecule has 0 unspecified atom stereocenters. The first-order valence-electron chi connectivity index (χ1n) is 6.52. The Balaban J connectivity index is 1.88. The second-order valence-corrected chi connectivity index (χ2v) is 5.77. The molecule has 1 aromatic carbocycles. The second-order valence-electron chi connectivity index (χ2n) is 5.77. The molecule has 3 heteroatoms. The zero-order valence-corrected chi connectivity index (χ0v) is 11.2. The molecule has 0 spiro atoms. The summed E-state index contributed by atoms with van der Waals surface area (Å²) < 4.78 is 13.2. The van der Waals surface area contributed by atoms with Crippen molar-refractivity contribution in [3.05, 3.63) is 59.2 Å². The molecule has 0 saturated carbocycles. The van der Waals surface area contributed by atoms with Gasteiger partial charge in [-0.05, 0) is 23.8 Å². The number of nitrogens with zero attached hydrogens (tertiary/aromatic N) is 1. The third-order valence-corrected chi connectivity index (χ3v) is 3.68. The summed E-state index contributed by atoms with van der Waals surface area (Å²) in [6.07, 6.45) is 2.61. The number of aromatic nitrogens is 1. The van der Waals surface area contributed by atoms with Gasteiger partial charge in [-0.3, -0.25) is 4.98 Å². The molecule has 1 aliphatic heterocycles. The van der Waals surface area contributed by atoms with Gasteiger partial charge in [0, 0.05) is 41.5 Å². The van der Waals surface area contributed by atoms with Crippen molar-refractivity contribution in [3.8, 4) is 0 Å². The maximum Gasteiger partial charge on any atom is 0.123 e. The topological polar surface area (TPSA) is 24.9 Å². The van der Waals surface area contributed by atoms with Crippen LogP contribution in [-0.2, 0) is 11.8 Å². The number of nitrogens with one attached hydrogen (secondary N) is 1. The monoisotopic (exact) mass is 256 g/mol. The van der Waals surface area contributed by atoms with Gasteiger partial charge in [0.1, 0.15) is 5.82 Å². The summed E-state index contributed by atoms with van der Waals surface area (Å²) in [4.78, 5) is 4.51. The number of anilines is 1. The Kier molecular flexibility index (Phi) is 2.77. The average Bonchev–Trinajstić information content (AvgIpc) is 2.65.